The van der Waals surface area contributed by atoms with E-state index in [1.807, 2.05) is 0 Å². The Kier molecular flexibility index (Phi) is 6.67. The van der Waals surface area contributed by atoms with Crippen LogP contribution in [0.25, 0.3) is 22.3 Å². The summed E-state index contributed by atoms with van der Waals surface area (Å²) >= 11 is 0. The van der Waals surface area contributed by atoms with Crippen molar-refractivity contribution in [3.63, 3.8) is 0 Å². The third-order valence-corrected chi connectivity index (χ3v) is 16.2. The van der Waals surface area contributed by atoms with Gasteiger partial charge >= 0.3 is 0 Å². The second-order valence-corrected chi connectivity index (χ2v) is 19.6. The van der Waals surface area contributed by atoms with Gasteiger partial charge in [0.25, 0.3) is 0 Å². The van der Waals surface area contributed by atoms with Crippen LogP contribution in [0.15, 0.2) is 140 Å². The predicted octanol–water partition coefficient (Wildman–Crippen LogP) is 14.3. The molecule has 2 spiro atoms. The highest BCUT2D eigenvalue weighted by Gasteiger charge is 2.84. The summed E-state index contributed by atoms with van der Waals surface area (Å²) in [5.41, 5.74) is 15.0. The van der Waals surface area contributed by atoms with Crippen LogP contribution in [0.2, 0.25) is 0 Å². The summed E-state index contributed by atoms with van der Waals surface area (Å²) in [6, 6.07) is 52.4. The molecule has 6 aromatic rings. The first-order chi connectivity index (χ1) is 27.2. The van der Waals surface area contributed by atoms with Gasteiger partial charge in [0.1, 0.15) is 5.75 Å². The Labute approximate surface area is 332 Å². The van der Waals surface area contributed by atoms with Crippen molar-refractivity contribution in [2.75, 3.05) is 4.90 Å². The van der Waals surface area contributed by atoms with Crippen LogP contribution in [0.1, 0.15) is 88.5 Å². The molecule has 0 N–H and O–H groups in total. The number of nitrogens with zero attached hydrogens (tertiary/aromatic N) is 1. The maximum Gasteiger partial charge on any atom is 0.155 e. The zero-order valence-electron chi connectivity index (χ0n) is 33.2. The molecule has 6 aromatic carbocycles. The fraction of sp³-hybridized carbons (Fsp3) is 0.333. The Morgan fingerprint density at radius 2 is 1.16 bits per heavy atom. The SMILES string of the molecule is CC1(C)CCC(C)(C)c2c(N(c3ccc(-c4ccccc4)cc3)c3cccc4c3Oc3cc(-c5ccccc5)ccc3C43C4CC5CC6CC3C64C5)cccc21. The second-order valence-electron chi connectivity index (χ2n) is 19.6. The van der Waals surface area contributed by atoms with Crippen LogP contribution in [-0.2, 0) is 16.2 Å². The molecule has 1 heterocycles. The normalized spacial score (nSPS) is 28.9. The van der Waals surface area contributed by atoms with Crippen molar-refractivity contribution in [3.8, 4) is 33.8 Å². The third-order valence-electron chi connectivity index (χ3n) is 16.2. The minimum atomic E-state index is -0.0139. The van der Waals surface area contributed by atoms with Crippen LogP contribution >= 0.6 is 0 Å². The van der Waals surface area contributed by atoms with Crippen molar-refractivity contribution in [1.29, 1.82) is 0 Å². The fourth-order valence-electron chi connectivity index (χ4n) is 13.9. The van der Waals surface area contributed by atoms with E-state index in [1.165, 1.54) is 88.0 Å². The van der Waals surface area contributed by atoms with Gasteiger partial charge in [0.2, 0.25) is 0 Å². The van der Waals surface area contributed by atoms with E-state index in [-0.39, 0.29) is 16.2 Å². The van der Waals surface area contributed by atoms with Crippen molar-refractivity contribution in [3.05, 3.63) is 162 Å². The molecule has 0 radical (unpaired) electrons. The molecule has 0 amide bonds. The largest absolute Gasteiger partial charge is 0.454 e. The molecule has 5 aliphatic carbocycles. The summed E-state index contributed by atoms with van der Waals surface area (Å²) in [6.45, 7) is 9.81. The number of para-hydroxylation sites is 1. The maximum absolute atomic E-state index is 7.51. The van der Waals surface area contributed by atoms with E-state index < -0.39 is 0 Å². The van der Waals surface area contributed by atoms with Gasteiger partial charge in [-0.2, -0.15) is 0 Å². The standard InChI is InChI=1S/C54H51NO/c1-51(2)27-28-52(3,4)49-42(51)17-11-19-44(49)55(40-24-21-37(22-25-40)35-13-7-5-8-14-35)45-20-12-18-43-50(45)56-46-31-38(36-15-9-6-10-16-36)23-26-41(46)54(43)47-30-34-29-39-32-48(54)53(39,47)33-34/h5-26,31,34,39,47-48H,27-30,32-33H2,1-4H3. The minimum absolute atomic E-state index is 0.0139. The molecule has 6 aliphatic rings. The fourth-order valence-corrected chi connectivity index (χ4v) is 13.9. The first-order valence-corrected chi connectivity index (χ1v) is 21.3. The second kappa shape index (κ2) is 11.3. The number of anilines is 3. The number of ether oxygens (including phenoxy) is 1. The highest BCUT2D eigenvalue weighted by molar-refractivity contribution is 5.87. The molecule has 0 aromatic heterocycles. The number of fused-ring (bicyclic) bond motifs is 8. The van der Waals surface area contributed by atoms with Gasteiger partial charge in [-0.25, -0.2) is 0 Å². The van der Waals surface area contributed by atoms with Gasteiger partial charge in [-0.15, -0.1) is 0 Å². The van der Waals surface area contributed by atoms with E-state index in [4.69, 9.17) is 4.74 Å². The average molecular weight is 730 g/mol. The van der Waals surface area contributed by atoms with Gasteiger partial charge < -0.3 is 9.64 Å². The minimum Gasteiger partial charge on any atom is -0.454 e. The van der Waals surface area contributed by atoms with Crippen LogP contribution in [-0.4, -0.2) is 0 Å². The lowest BCUT2D eigenvalue weighted by atomic mass is 9.26. The van der Waals surface area contributed by atoms with Gasteiger partial charge in [0, 0.05) is 22.2 Å². The lowest BCUT2D eigenvalue weighted by Crippen LogP contribution is -2.74. The molecule has 278 valence electrons. The van der Waals surface area contributed by atoms with Gasteiger partial charge in [-0.3, -0.25) is 0 Å². The lowest BCUT2D eigenvalue weighted by molar-refractivity contribution is -0.235. The van der Waals surface area contributed by atoms with Gasteiger partial charge in [-0.1, -0.05) is 137 Å². The van der Waals surface area contributed by atoms with Crippen LogP contribution in [0, 0.1) is 29.1 Å². The van der Waals surface area contributed by atoms with Crippen molar-refractivity contribution < 1.29 is 4.74 Å². The Hall–Kier alpha value is -5.08. The Morgan fingerprint density at radius 3 is 1.89 bits per heavy atom. The topological polar surface area (TPSA) is 12.5 Å². The molecule has 0 saturated heterocycles. The summed E-state index contributed by atoms with van der Waals surface area (Å²) in [7, 11) is 0. The number of hydrogen-bond donors (Lipinski definition) is 0. The van der Waals surface area contributed by atoms with Crippen molar-refractivity contribution in [2.45, 2.75) is 82.5 Å². The van der Waals surface area contributed by atoms with Crippen molar-refractivity contribution in [1.82, 2.24) is 0 Å². The summed E-state index contributed by atoms with van der Waals surface area (Å²) in [4.78, 5) is 2.58. The molecule has 1 aliphatic heterocycles. The molecule has 4 saturated carbocycles. The molecular weight excluding hydrogens is 679 g/mol. The van der Waals surface area contributed by atoms with E-state index in [2.05, 4.69) is 172 Å². The number of rotatable bonds is 5. The van der Waals surface area contributed by atoms with Crippen molar-refractivity contribution in [2.24, 2.45) is 29.1 Å². The molecule has 2 heteroatoms. The maximum atomic E-state index is 7.51. The molecular formula is C54H51NO. The molecule has 6 unspecified atom stereocenters. The number of benzene rings is 6. The Balaban J connectivity index is 1.10. The first kappa shape index (κ1) is 33.1. The zero-order chi connectivity index (χ0) is 37.6. The van der Waals surface area contributed by atoms with Crippen LogP contribution in [0.3, 0.4) is 0 Å². The molecule has 2 bridgehead atoms. The average Bonchev–Trinajstić information content (AvgIpc) is 3.76. The number of hydrogen-bond acceptors (Lipinski definition) is 2. The van der Waals surface area contributed by atoms with Crippen LogP contribution < -0.4 is 9.64 Å². The van der Waals surface area contributed by atoms with E-state index in [9.17, 15) is 0 Å². The first-order valence-electron chi connectivity index (χ1n) is 21.3. The molecule has 56 heavy (non-hydrogen) atoms. The molecule has 12 rings (SSSR count). The smallest absolute Gasteiger partial charge is 0.155 e. The highest BCUT2D eigenvalue weighted by atomic mass is 16.5. The zero-order valence-corrected chi connectivity index (χ0v) is 33.2. The van der Waals surface area contributed by atoms with E-state index in [0.717, 1.165) is 35.4 Å². The summed E-state index contributed by atoms with van der Waals surface area (Å²) in [5, 5.41) is 0. The van der Waals surface area contributed by atoms with Gasteiger partial charge in [0.15, 0.2) is 5.75 Å². The predicted molar refractivity (Wildman–Crippen MR) is 229 cm³/mol. The van der Waals surface area contributed by atoms with Crippen molar-refractivity contribution >= 4 is 17.1 Å². The highest BCUT2D eigenvalue weighted by Crippen LogP contribution is 2.89. The van der Waals surface area contributed by atoms with E-state index in [1.54, 1.807) is 0 Å². The quantitative estimate of drug-likeness (QED) is 0.175. The van der Waals surface area contributed by atoms with Gasteiger partial charge in [0.05, 0.1) is 11.4 Å². The Bertz CT molecular complexity index is 2550. The van der Waals surface area contributed by atoms with E-state index >= 15 is 0 Å². The third kappa shape index (κ3) is 4.18. The monoisotopic (exact) mass is 729 g/mol. The summed E-state index contributed by atoms with van der Waals surface area (Å²) in [6.07, 6.45) is 7.96. The molecule has 2 nitrogen and oxygen atoms in total. The Morgan fingerprint density at radius 1 is 0.536 bits per heavy atom. The van der Waals surface area contributed by atoms with Crippen LogP contribution in [0.4, 0.5) is 17.1 Å². The summed E-state index contributed by atoms with van der Waals surface area (Å²) < 4.78 is 7.51. The molecule has 4 fully saturated rings. The lowest BCUT2D eigenvalue weighted by Gasteiger charge is -2.77. The van der Waals surface area contributed by atoms with E-state index in [0.29, 0.717) is 17.3 Å². The summed E-state index contributed by atoms with van der Waals surface area (Å²) in [5.74, 6) is 5.28. The van der Waals surface area contributed by atoms with Crippen LogP contribution in [0.5, 0.6) is 11.5 Å². The molecule has 6 atom stereocenters. The van der Waals surface area contributed by atoms with Gasteiger partial charge in [-0.05, 0) is 142 Å².